The third kappa shape index (κ3) is 1.54. The number of aromatic nitrogens is 1. The van der Waals surface area contributed by atoms with Gasteiger partial charge in [-0.25, -0.2) is 4.79 Å². The summed E-state index contributed by atoms with van der Waals surface area (Å²) in [5, 5.41) is 11.7. The molecule has 0 radical (unpaired) electrons. The Kier molecular flexibility index (Phi) is 2.20. The fourth-order valence-corrected chi connectivity index (χ4v) is 0.704. The van der Waals surface area contributed by atoms with Crippen LogP contribution in [0.15, 0.2) is 10.7 Å². The SMILES string of the molecule is O=C(O)c1cnoc1CCF. The van der Waals surface area contributed by atoms with E-state index in [-0.39, 0.29) is 17.7 Å². The molecule has 1 aromatic heterocycles. The Hall–Kier alpha value is -1.39. The highest BCUT2D eigenvalue weighted by atomic mass is 19.1. The van der Waals surface area contributed by atoms with Crippen LogP contribution in [0.5, 0.6) is 0 Å². The van der Waals surface area contributed by atoms with Crippen molar-refractivity contribution >= 4 is 5.97 Å². The molecule has 0 fully saturated rings. The van der Waals surface area contributed by atoms with E-state index in [1.165, 1.54) is 0 Å². The van der Waals surface area contributed by atoms with Crippen LogP contribution in [0.2, 0.25) is 0 Å². The number of alkyl halides is 1. The second-order valence-electron chi connectivity index (χ2n) is 1.91. The van der Waals surface area contributed by atoms with Crippen LogP contribution in [0.25, 0.3) is 0 Å². The highest BCUT2D eigenvalue weighted by molar-refractivity contribution is 5.88. The summed E-state index contributed by atoms with van der Waals surface area (Å²) in [6, 6.07) is 0. The van der Waals surface area contributed by atoms with Gasteiger partial charge in [-0.2, -0.15) is 0 Å². The van der Waals surface area contributed by atoms with Crippen molar-refractivity contribution in [1.29, 1.82) is 0 Å². The van der Waals surface area contributed by atoms with E-state index in [9.17, 15) is 9.18 Å². The second kappa shape index (κ2) is 3.14. The zero-order valence-corrected chi connectivity index (χ0v) is 5.58. The predicted molar refractivity (Wildman–Crippen MR) is 33.1 cm³/mol. The highest BCUT2D eigenvalue weighted by Gasteiger charge is 2.13. The van der Waals surface area contributed by atoms with Crippen LogP contribution in [-0.4, -0.2) is 22.9 Å². The first-order chi connectivity index (χ1) is 5.25. The van der Waals surface area contributed by atoms with Gasteiger partial charge in [0.1, 0.15) is 5.56 Å². The van der Waals surface area contributed by atoms with Gasteiger partial charge in [-0.05, 0) is 0 Å². The van der Waals surface area contributed by atoms with E-state index in [2.05, 4.69) is 9.68 Å². The summed E-state index contributed by atoms with van der Waals surface area (Å²) in [5.41, 5.74) is -0.0670. The molecule has 0 aliphatic carbocycles. The zero-order chi connectivity index (χ0) is 8.27. The summed E-state index contributed by atoms with van der Waals surface area (Å²) in [6.45, 7) is -0.643. The number of carboxylic acids is 1. The van der Waals surface area contributed by atoms with E-state index < -0.39 is 12.6 Å². The largest absolute Gasteiger partial charge is 0.478 e. The standard InChI is InChI=1S/C6H6FNO3/c7-2-1-5-4(6(9)10)3-8-11-5/h3H,1-2H2,(H,9,10). The molecule has 0 unspecified atom stereocenters. The second-order valence-corrected chi connectivity index (χ2v) is 1.91. The Bertz CT molecular complexity index is 258. The fourth-order valence-electron chi connectivity index (χ4n) is 0.704. The van der Waals surface area contributed by atoms with E-state index in [1.54, 1.807) is 0 Å². The number of hydrogen-bond acceptors (Lipinski definition) is 3. The maximum Gasteiger partial charge on any atom is 0.340 e. The molecule has 11 heavy (non-hydrogen) atoms. The minimum Gasteiger partial charge on any atom is -0.478 e. The van der Waals surface area contributed by atoms with Crippen LogP contribution in [0.3, 0.4) is 0 Å². The zero-order valence-electron chi connectivity index (χ0n) is 5.58. The number of carbonyl (C=O) groups is 1. The Morgan fingerprint density at radius 1 is 1.82 bits per heavy atom. The van der Waals surface area contributed by atoms with Crippen LogP contribution in [-0.2, 0) is 6.42 Å². The van der Waals surface area contributed by atoms with Gasteiger partial charge in [0.2, 0.25) is 0 Å². The molecule has 0 saturated carbocycles. The number of halogens is 1. The minimum atomic E-state index is -1.14. The number of hydrogen-bond donors (Lipinski definition) is 1. The van der Waals surface area contributed by atoms with Gasteiger partial charge >= 0.3 is 5.97 Å². The molecule has 5 heteroatoms. The molecule has 0 bridgehead atoms. The molecule has 0 atom stereocenters. The van der Waals surface area contributed by atoms with Crippen molar-refractivity contribution in [1.82, 2.24) is 5.16 Å². The van der Waals surface area contributed by atoms with E-state index in [0.29, 0.717) is 0 Å². The first-order valence-electron chi connectivity index (χ1n) is 2.98. The third-order valence-corrected chi connectivity index (χ3v) is 1.20. The molecular weight excluding hydrogens is 153 g/mol. The lowest BCUT2D eigenvalue weighted by molar-refractivity contribution is 0.0694. The number of aromatic carboxylic acids is 1. The van der Waals surface area contributed by atoms with Crippen molar-refractivity contribution in [3.05, 3.63) is 17.5 Å². The monoisotopic (exact) mass is 159 g/mol. The molecular formula is C6H6FNO3. The quantitative estimate of drug-likeness (QED) is 0.711. The van der Waals surface area contributed by atoms with Crippen molar-refractivity contribution in [3.8, 4) is 0 Å². The summed E-state index contributed by atoms with van der Waals surface area (Å²) >= 11 is 0. The fraction of sp³-hybridized carbons (Fsp3) is 0.333. The Morgan fingerprint density at radius 2 is 2.55 bits per heavy atom. The van der Waals surface area contributed by atoms with E-state index in [0.717, 1.165) is 6.20 Å². The summed E-state index contributed by atoms with van der Waals surface area (Å²) in [7, 11) is 0. The Balaban J connectivity index is 2.87. The first kappa shape index (κ1) is 7.71. The topological polar surface area (TPSA) is 63.3 Å². The van der Waals surface area contributed by atoms with Crippen LogP contribution in [0.4, 0.5) is 4.39 Å². The van der Waals surface area contributed by atoms with Crippen molar-refractivity contribution in [3.63, 3.8) is 0 Å². The summed E-state index contributed by atoms with van der Waals surface area (Å²) < 4.78 is 16.2. The average Bonchev–Trinajstić information content (AvgIpc) is 2.36. The van der Waals surface area contributed by atoms with Crippen LogP contribution in [0.1, 0.15) is 16.1 Å². The van der Waals surface area contributed by atoms with Crippen molar-refractivity contribution in [2.75, 3.05) is 6.67 Å². The van der Waals surface area contributed by atoms with Gasteiger partial charge in [-0.1, -0.05) is 5.16 Å². The summed E-state index contributed by atoms with van der Waals surface area (Å²) in [5.74, 6) is -1.06. The van der Waals surface area contributed by atoms with Crippen LogP contribution < -0.4 is 0 Å². The van der Waals surface area contributed by atoms with Gasteiger partial charge in [-0.15, -0.1) is 0 Å². The average molecular weight is 159 g/mol. The maximum absolute atomic E-state index is 11.7. The van der Waals surface area contributed by atoms with Gasteiger partial charge in [0.15, 0.2) is 5.76 Å². The van der Waals surface area contributed by atoms with Crippen molar-refractivity contribution < 1.29 is 18.8 Å². The first-order valence-corrected chi connectivity index (χ1v) is 2.98. The Labute approximate surface area is 61.6 Å². The van der Waals surface area contributed by atoms with Gasteiger partial charge in [-0.3, -0.25) is 4.39 Å². The van der Waals surface area contributed by atoms with Gasteiger partial charge in [0.05, 0.1) is 12.9 Å². The van der Waals surface area contributed by atoms with Crippen molar-refractivity contribution in [2.45, 2.75) is 6.42 Å². The summed E-state index contributed by atoms with van der Waals surface area (Å²) in [4.78, 5) is 10.3. The number of carboxylic acid groups (broad SMARTS) is 1. The molecule has 4 nitrogen and oxygen atoms in total. The molecule has 1 aromatic rings. The van der Waals surface area contributed by atoms with Gasteiger partial charge in [0, 0.05) is 6.42 Å². The lowest BCUT2D eigenvalue weighted by Crippen LogP contribution is -1.99. The third-order valence-electron chi connectivity index (χ3n) is 1.20. The predicted octanol–water partition coefficient (Wildman–Crippen LogP) is 0.885. The minimum absolute atomic E-state index is 0.0400. The smallest absolute Gasteiger partial charge is 0.340 e. The summed E-state index contributed by atoms with van der Waals surface area (Å²) in [6.07, 6.45) is 1.02. The molecule has 1 rings (SSSR count). The van der Waals surface area contributed by atoms with Gasteiger partial charge < -0.3 is 9.63 Å². The molecule has 1 heterocycles. The maximum atomic E-state index is 11.7. The number of rotatable bonds is 3. The van der Waals surface area contributed by atoms with Crippen LogP contribution in [0, 0.1) is 0 Å². The molecule has 0 aliphatic heterocycles. The molecule has 0 amide bonds. The highest BCUT2D eigenvalue weighted by Crippen LogP contribution is 2.08. The van der Waals surface area contributed by atoms with E-state index >= 15 is 0 Å². The normalized spacial score (nSPS) is 9.91. The molecule has 1 N–H and O–H groups in total. The van der Waals surface area contributed by atoms with Crippen LogP contribution >= 0.6 is 0 Å². The van der Waals surface area contributed by atoms with Gasteiger partial charge in [0.25, 0.3) is 0 Å². The number of aryl methyl sites for hydroxylation is 1. The Morgan fingerprint density at radius 3 is 3.09 bits per heavy atom. The molecule has 0 saturated heterocycles. The number of nitrogens with zero attached hydrogens (tertiary/aromatic N) is 1. The van der Waals surface area contributed by atoms with E-state index in [4.69, 9.17) is 5.11 Å². The van der Waals surface area contributed by atoms with E-state index in [1.807, 2.05) is 0 Å². The lowest BCUT2D eigenvalue weighted by Gasteiger charge is -1.89. The molecule has 0 spiro atoms. The van der Waals surface area contributed by atoms with Crippen molar-refractivity contribution in [2.24, 2.45) is 0 Å². The molecule has 0 aromatic carbocycles. The molecule has 60 valence electrons. The lowest BCUT2D eigenvalue weighted by atomic mass is 10.2. The molecule has 0 aliphatic rings.